The molecule has 1 saturated heterocycles. The largest absolute Gasteiger partial charge is 0.381 e. The van der Waals surface area contributed by atoms with Crippen molar-refractivity contribution in [1.29, 1.82) is 0 Å². The maximum atomic E-state index is 5.70. The van der Waals surface area contributed by atoms with Crippen molar-refractivity contribution in [2.75, 3.05) is 52.6 Å². The van der Waals surface area contributed by atoms with Gasteiger partial charge in [-0.25, -0.2) is 0 Å². The Labute approximate surface area is 189 Å². The molecule has 182 valence electrons. The fourth-order valence-electron chi connectivity index (χ4n) is 3.89. The summed E-state index contributed by atoms with van der Waals surface area (Å²) in [5.41, 5.74) is 5.33. The molecule has 4 heteroatoms. The second-order valence-corrected chi connectivity index (χ2v) is 8.92. The van der Waals surface area contributed by atoms with E-state index >= 15 is 0 Å². The Morgan fingerprint density at radius 2 is 1.40 bits per heavy atom. The number of hydrogen-bond acceptors (Lipinski definition) is 4. The molecule has 1 heterocycles. The average Bonchev–Trinajstić information content (AvgIpc) is 2.78. The van der Waals surface area contributed by atoms with Crippen LogP contribution >= 0.6 is 0 Å². The highest BCUT2D eigenvalue weighted by Crippen LogP contribution is 2.12. The van der Waals surface area contributed by atoms with Crippen molar-refractivity contribution in [3.8, 4) is 0 Å². The van der Waals surface area contributed by atoms with Crippen molar-refractivity contribution in [3.63, 3.8) is 0 Å². The van der Waals surface area contributed by atoms with Crippen LogP contribution in [0.5, 0.6) is 0 Å². The lowest BCUT2D eigenvalue weighted by atomic mass is 10.0. The number of piperidine rings is 1. The van der Waals surface area contributed by atoms with Gasteiger partial charge in [0.1, 0.15) is 0 Å². The number of rotatable bonds is 19. The summed E-state index contributed by atoms with van der Waals surface area (Å²) in [7, 11) is 0. The molecular formula is C26H56N2O2. The first-order valence-corrected chi connectivity index (χ1v) is 13.4. The van der Waals surface area contributed by atoms with Gasteiger partial charge in [0.2, 0.25) is 0 Å². The molecule has 0 aromatic carbocycles. The second kappa shape index (κ2) is 25.1. The highest BCUT2D eigenvalue weighted by molar-refractivity contribution is 4.63. The molecule has 1 unspecified atom stereocenters. The number of nitrogens with zero attached hydrogens (tertiary/aromatic N) is 1. The minimum atomic E-state index is 0.643. The summed E-state index contributed by atoms with van der Waals surface area (Å²) < 4.78 is 11.1. The molecule has 0 aromatic heterocycles. The van der Waals surface area contributed by atoms with Gasteiger partial charge in [0, 0.05) is 32.9 Å². The molecule has 0 radical (unpaired) electrons. The SMILES string of the molecule is CCCCC(CC)COCCN.CCCCCCCCOCCCN1CCCCC1. The molecule has 1 rings (SSSR count). The smallest absolute Gasteiger partial charge is 0.0588 e. The Morgan fingerprint density at radius 3 is 2.07 bits per heavy atom. The van der Waals surface area contributed by atoms with E-state index in [-0.39, 0.29) is 0 Å². The van der Waals surface area contributed by atoms with Gasteiger partial charge in [0.25, 0.3) is 0 Å². The zero-order chi connectivity index (χ0) is 22.1. The topological polar surface area (TPSA) is 47.7 Å². The molecule has 1 aliphatic rings. The first kappa shape index (κ1) is 29.8. The molecule has 0 aromatic rings. The van der Waals surface area contributed by atoms with E-state index in [1.54, 1.807) is 0 Å². The lowest BCUT2D eigenvalue weighted by Crippen LogP contribution is -2.31. The predicted octanol–water partition coefficient (Wildman–Crippen LogP) is 6.42. The fraction of sp³-hybridized carbons (Fsp3) is 1.00. The lowest BCUT2D eigenvalue weighted by Gasteiger charge is -2.26. The summed E-state index contributed by atoms with van der Waals surface area (Å²) in [4.78, 5) is 2.59. The Morgan fingerprint density at radius 1 is 0.733 bits per heavy atom. The van der Waals surface area contributed by atoms with E-state index in [9.17, 15) is 0 Å². The van der Waals surface area contributed by atoms with E-state index in [1.165, 1.54) is 110 Å². The van der Waals surface area contributed by atoms with Gasteiger partial charge in [-0.1, -0.05) is 78.6 Å². The predicted molar refractivity (Wildman–Crippen MR) is 132 cm³/mol. The van der Waals surface area contributed by atoms with Crippen LogP contribution in [-0.4, -0.2) is 57.5 Å². The number of hydrogen-bond donors (Lipinski definition) is 1. The van der Waals surface area contributed by atoms with Crippen LogP contribution in [0, 0.1) is 5.92 Å². The number of unbranched alkanes of at least 4 members (excludes halogenated alkanes) is 6. The van der Waals surface area contributed by atoms with Gasteiger partial charge in [0.15, 0.2) is 0 Å². The van der Waals surface area contributed by atoms with Gasteiger partial charge in [-0.15, -0.1) is 0 Å². The van der Waals surface area contributed by atoms with Crippen molar-refractivity contribution >= 4 is 0 Å². The van der Waals surface area contributed by atoms with E-state index in [4.69, 9.17) is 15.2 Å². The fourth-order valence-corrected chi connectivity index (χ4v) is 3.89. The van der Waals surface area contributed by atoms with Gasteiger partial charge < -0.3 is 20.1 Å². The molecule has 0 saturated carbocycles. The first-order valence-electron chi connectivity index (χ1n) is 13.4. The summed E-state index contributed by atoms with van der Waals surface area (Å²) in [6.45, 7) is 14.8. The van der Waals surface area contributed by atoms with Gasteiger partial charge in [-0.2, -0.15) is 0 Å². The van der Waals surface area contributed by atoms with Crippen molar-refractivity contribution < 1.29 is 9.47 Å². The van der Waals surface area contributed by atoms with Crippen molar-refractivity contribution in [2.24, 2.45) is 11.7 Å². The van der Waals surface area contributed by atoms with Gasteiger partial charge >= 0.3 is 0 Å². The summed E-state index contributed by atoms with van der Waals surface area (Å²) in [6, 6.07) is 0. The normalized spacial score (nSPS) is 15.6. The lowest BCUT2D eigenvalue weighted by molar-refractivity contribution is 0.0998. The molecule has 0 amide bonds. The van der Waals surface area contributed by atoms with Crippen LogP contribution in [0.4, 0.5) is 0 Å². The molecule has 1 atom stereocenters. The van der Waals surface area contributed by atoms with Crippen LogP contribution in [0.2, 0.25) is 0 Å². The molecule has 0 spiro atoms. The van der Waals surface area contributed by atoms with Crippen molar-refractivity contribution in [1.82, 2.24) is 4.90 Å². The van der Waals surface area contributed by atoms with E-state index in [0.29, 0.717) is 13.2 Å². The Kier molecular flexibility index (Phi) is 25.0. The Hall–Kier alpha value is -0.160. The van der Waals surface area contributed by atoms with Crippen LogP contribution < -0.4 is 5.73 Å². The zero-order valence-corrected chi connectivity index (χ0v) is 21.0. The van der Waals surface area contributed by atoms with Crippen molar-refractivity contribution in [3.05, 3.63) is 0 Å². The third-order valence-electron chi connectivity index (χ3n) is 6.01. The molecule has 1 aliphatic heterocycles. The standard InChI is InChI=1S/C16H33NO.C10H23NO/c1-2-3-4-5-6-10-15-18-16-11-14-17-12-8-7-9-13-17;1-3-5-6-10(4-2)9-12-8-7-11/h2-16H2,1H3;10H,3-9,11H2,1-2H3. The quantitative estimate of drug-likeness (QED) is 0.241. The Balaban J connectivity index is 0.000000612. The van der Waals surface area contributed by atoms with E-state index in [2.05, 4.69) is 25.7 Å². The third-order valence-corrected chi connectivity index (χ3v) is 6.01. The van der Waals surface area contributed by atoms with Crippen LogP contribution in [-0.2, 0) is 9.47 Å². The molecule has 1 fully saturated rings. The maximum Gasteiger partial charge on any atom is 0.0588 e. The van der Waals surface area contributed by atoms with Crippen LogP contribution in [0.3, 0.4) is 0 Å². The van der Waals surface area contributed by atoms with Crippen molar-refractivity contribution in [2.45, 2.75) is 111 Å². The summed E-state index contributed by atoms with van der Waals surface area (Å²) >= 11 is 0. The summed E-state index contributed by atoms with van der Waals surface area (Å²) in [5, 5.41) is 0. The molecule has 30 heavy (non-hydrogen) atoms. The average molecular weight is 429 g/mol. The molecule has 0 bridgehead atoms. The van der Waals surface area contributed by atoms with Gasteiger partial charge in [-0.3, -0.25) is 0 Å². The van der Waals surface area contributed by atoms with E-state index in [0.717, 1.165) is 25.7 Å². The molecule has 4 nitrogen and oxygen atoms in total. The van der Waals surface area contributed by atoms with E-state index in [1.807, 2.05) is 0 Å². The minimum Gasteiger partial charge on any atom is -0.381 e. The highest BCUT2D eigenvalue weighted by Gasteiger charge is 2.08. The highest BCUT2D eigenvalue weighted by atomic mass is 16.5. The minimum absolute atomic E-state index is 0.643. The monoisotopic (exact) mass is 428 g/mol. The van der Waals surface area contributed by atoms with Crippen LogP contribution in [0.1, 0.15) is 111 Å². The molecule has 2 N–H and O–H groups in total. The third kappa shape index (κ3) is 21.1. The maximum absolute atomic E-state index is 5.70. The molecular weight excluding hydrogens is 372 g/mol. The Bertz CT molecular complexity index is 309. The number of likely N-dealkylation sites (tertiary alicyclic amines) is 1. The zero-order valence-electron chi connectivity index (χ0n) is 21.0. The van der Waals surface area contributed by atoms with Gasteiger partial charge in [-0.05, 0) is 51.1 Å². The number of ether oxygens (including phenoxy) is 2. The van der Waals surface area contributed by atoms with E-state index < -0.39 is 0 Å². The number of nitrogens with two attached hydrogens (primary N) is 1. The summed E-state index contributed by atoms with van der Waals surface area (Å²) in [5.74, 6) is 0.747. The van der Waals surface area contributed by atoms with Crippen LogP contribution in [0.15, 0.2) is 0 Å². The van der Waals surface area contributed by atoms with Gasteiger partial charge in [0.05, 0.1) is 6.61 Å². The summed E-state index contributed by atoms with van der Waals surface area (Å²) in [6.07, 6.45) is 18.7. The second-order valence-electron chi connectivity index (χ2n) is 8.92. The first-order chi connectivity index (χ1) is 14.8. The molecule has 0 aliphatic carbocycles. The van der Waals surface area contributed by atoms with Crippen LogP contribution in [0.25, 0.3) is 0 Å².